The summed E-state index contributed by atoms with van der Waals surface area (Å²) in [6, 6.07) is 10.3. The van der Waals surface area contributed by atoms with Crippen LogP contribution in [0.25, 0.3) is 0 Å². The minimum atomic E-state index is -1.35. The number of carboxylic acid groups (broad SMARTS) is 1. The van der Waals surface area contributed by atoms with Crippen LogP contribution in [-0.4, -0.2) is 183 Å². The highest BCUT2D eigenvalue weighted by Gasteiger charge is 2.41. The first-order valence-electron chi connectivity index (χ1n) is 29.5. The molecular weight excluding hydrogens is 1170 g/mol. The molecule has 2 fully saturated rings. The number of methoxy groups -OCH3 is 1. The van der Waals surface area contributed by atoms with Gasteiger partial charge in [-0.25, -0.2) is 15.5 Å². The van der Waals surface area contributed by atoms with Crippen molar-refractivity contribution in [2.45, 2.75) is 115 Å². The SMILES string of the molecule is C=C1CC2CN(C(=O)OCc3ccc(O[C@H]4C[C@@H](O)C[C@@H](C(=O)O)O4)c(C(=O)NCC(C)(C)OCC(C)(C)ON)c3)c3cc(OCCCCn4cc(C(=O)Nc5cc(C(=O)Nc6cc(C(=O)NCCCN(C)C)n(C)c6)n(C)c5)cn4)c(OC)cc3C(=O)N2C1. The molecule has 3 aliphatic rings. The van der Waals surface area contributed by atoms with Crippen molar-refractivity contribution in [3.05, 3.63) is 113 Å². The third kappa shape index (κ3) is 17.3. The summed E-state index contributed by atoms with van der Waals surface area (Å²) in [7, 11) is 8.77. The van der Waals surface area contributed by atoms with E-state index in [1.807, 2.05) is 19.0 Å². The lowest BCUT2D eigenvalue weighted by Gasteiger charge is -2.32. The van der Waals surface area contributed by atoms with Gasteiger partial charge in [0.25, 0.3) is 29.5 Å². The van der Waals surface area contributed by atoms with Crippen molar-refractivity contribution >= 4 is 58.7 Å². The topological polar surface area (TPSA) is 336 Å². The number of aryl methyl sites for hydroxylation is 3. The normalized spacial score (nSPS) is 17.5. The van der Waals surface area contributed by atoms with E-state index < -0.39 is 65.5 Å². The Labute approximate surface area is 521 Å². The molecular formula is C62H82N12O16. The molecule has 0 radical (unpaired) electrons. The number of carboxylic acids is 1. The highest BCUT2D eigenvalue weighted by Crippen LogP contribution is 2.41. The van der Waals surface area contributed by atoms with E-state index in [-0.39, 0.29) is 109 Å². The Morgan fingerprint density at radius 1 is 0.856 bits per heavy atom. The van der Waals surface area contributed by atoms with Gasteiger partial charge in [0.2, 0.25) is 6.29 Å². The molecule has 0 bridgehead atoms. The standard InChI is InChI=1S/C62H82N12O16/c1-37-20-42-33-74(60(83)86-34-38-14-15-49(88-53-25-43(75)24-52(89-53)59(81)82)45(21-38)55(77)65-35-61(2,3)87-36-62(4,5)90-63)46-27-51(50(84-10)26-44(46)58(80)73(42)29-37)85-19-12-11-18-72-30-39(28-66-72)54(76)67-40-23-48(71(9)31-40)57(79)68-41-22-47(70(8)32-41)56(78)64-16-13-17-69(6)7/h14-15,21-23,26-28,30-32,42-43,52-53,75H,1,11-13,16-20,24-25,29,33-36,63H2,2-10H3,(H,64,78)(H,65,77)(H,67,76)(H,68,79)(H,81,82)/t42?,43-,52-,53+/m0/s1. The number of amides is 6. The zero-order valence-corrected chi connectivity index (χ0v) is 52.3. The molecule has 2 aromatic carbocycles. The fraction of sp³-hybridized carbons (Fsp3) is 0.484. The summed E-state index contributed by atoms with van der Waals surface area (Å²) >= 11 is 0. The summed E-state index contributed by atoms with van der Waals surface area (Å²) in [6.45, 7) is 13.2. The van der Waals surface area contributed by atoms with Crippen molar-refractivity contribution in [3.8, 4) is 17.2 Å². The van der Waals surface area contributed by atoms with Crippen LogP contribution < -0.4 is 46.3 Å². The van der Waals surface area contributed by atoms with Gasteiger partial charge in [0.15, 0.2) is 17.6 Å². The number of aromatic nitrogens is 4. The van der Waals surface area contributed by atoms with E-state index in [2.05, 4.69) is 32.9 Å². The van der Waals surface area contributed by atoms with Gasteiger partial charge in [-0.15, -0.1) is 0 Å². The molecule has 1 unspecified atom stereocenters. The van der Waals surface area contributed by atoms with E-state index in [0.29, 0.717) is 55.0 Å². The van der Waals surface area contributed by atoms with Gasteiger partial charge >= 0.3 is 12.1 Å². The predicted octanol–water partition coefficient (Wildman–Crippen LogP) is 5.06. The number of unbranched alkanes of at least 4 members (excludes halogenated alkanes) is 1. The number of carbonyl (C=O) groups is 7. The monoisotopic (exact) mass is 1250 g/mol. The summed E-state index contributed by atoms with van der Waals surface area (Å²) in [6.07, 6.45) is 3.99. The fourth-order valence-corrected chi connectivity index (χ4v) is 10.3. The number of nitrogens with one attached hydrogen (secondary N) is 4. The van der Waals surface area contributed by atoms with E-state index in [1.165, 1.54) is 36.4 Å². The number of aliphatic carboxylic acids is 1. The Balaban J connectivity index is 0.893. The van der Waals surface area contributed by atoms with Crippen molar-refractivity contribution in [1.29, 1.82) is 0 Å². The summed E-state index contributed by atoms with van der Waals surface area (Å²) in [5, 5.41) is 35.9. The lowest BCUT2D eigenvalue weighted by molar-refractivity contribution is -0.195. The van der Waals surface area contributed by atoms with Crippen LogP contribution in [0.2, 0.25) is 0 Å². The van der Waals surface area contributed by atoms with Crippen molar-refractivity contribution < 1.29 is 77.0 Å². The van der Waals surface area contributed by atoms with Gasteiger partial charge in [-0.1, -0.05) is 18.2 Å². The van der Waals surface area contributed by atoms with Crippen molar-refractivity contribution in [3.63, 3.8) is 0 Å². The van der Waals surface area contributed by atoms with E-state index >= 15 is 0 Å². The number of hydrogen-bond acceptors (Lipinski definition) is 18. The molecule has 3 aliphatic heterocycles. The number of fused-ring (bicyclic) bond motifs is 2. The molecule has 0 saturated carbocycles. The lowest BCUT2D eigenvalue weighted by atomic mass is 10.0. The number of aliphatic hydroxyl groups excluding tert-OH is 1. The fourth-order valence-electron chi connectivity index (χ4n) is 10.3. The molecule has 8 N–H and O–H groups in total. The Morgan fingerprint density at radius 2 is 1.57 bits per heavy atom. The minimum Gasteiger partial charge on any atom is -0.493 e. The van der Waals surface area contributed by atoms with Crippen LogP contribution in [0.1, 0.15) is 124 Å². The van der Waals surface area contributed by atoms with Crippen molar-refractivity contribution in [2.24, 2.45) is 20.0 Å². The minimum absolute atomic E-state index is 0.000955. The predicted molar refractivity (Wildman–Crippen MR) is 329 cm³/mol. The lowest BCUT2D eigenvalue weighted by Crippen LogP contribution is -2.45. The summed E-state index contributed by atoms with van der Waals surface area (Å²) < 4.78 is 40.5. The maximum Gasteiger partial charge on any atom is 0.414 e. The largest absolute Gasteiger partial charge is 0.493 e. The van der Waals surface area contributed by atoms with Crippen LogP contribution in [0, 0.1) is 0 Å². The molecule has 28 nitrogen and oxygen atoms in total. The van der Waals surface area contributed by atoms with Gasteiger partial charge in [0, 0.05) is 77.8 Å². The molecule has 4 atom stereocenters. The van der Waals surface area contributed by atoms with Gasteiger partial charge < -0.3 is 78.8 Å². The van der Waals surface area contributed by atoms with E-state index in [9.17, 15) is 43.8 Å². The van der Waals surface area contributed by atoms with Gasteiger partial charge in [-0.05, 0) is 110 Å². The Hall–Kier alpha value is -8.80. The summed E-state index contributed by atoms with van der Waals surface area (Å²) in [4.78, 5) is 104. The Morgan fingerprint density at radius 3 is 2.26 bits per heavy atom. The maximum absolute atomic E-state index is 14.5. The number of anilines is 3. The van der Waals surface area contributed by atoms with E-state index in [4.69, 9.17) is 39.2 Å². The second kappa shape index (κ2) is 29.2. The number of hydrogen-bond donors (Lipinski definition) is 7. The first-order valence-corrected chi connectivity index (χ1v) is 29.5. The molecule has 2 saturated heterocycles. The second-order valence-electron chi connectivity index (χ2n) is 24.1. The highest BCUT2D eigenvalue weighted by molar-refractivity contribution is 6.08. The number of carbonyl (C=O) groups excluding carboxylic acids is 6. The van der Waals surface area contributed by atoms with Gasteiger partial charge in [0.1, 0.15) is 29.3 Å². The molecule has 8 rings (SSSR count). The molecule has 28 heteroatoms. The number of nitrogens with two attached hydrogens (primary N) is 1. The molecule has 3 aromatic heterocycles. The zero-order chi connectivity index (χ0) is 65.2. The van der Waals surface area contributed by atoms with Crippen molar-refractivity contribution in [2.75, 3.05) is 82.7 Å². The van der Waals surface area contributed by atoms with Crippen LogP contribution in [-0.2, 0) is 51.1 Å². The van der Waals surface area contributed by atoms with E-state index in [0.717, 1.165) is 18.5 Å². The molecule has 0 spiro atoms. The quantitative estimate of drug-likeness (QED) is 0.0195. The zero-order valence-electron chi connectivity index (χ0n) is 52.3. The van der Waals surface area contributed by atoms with Crippen LogP contribution >= 0.6 is 0 Å². The van der Waals surface area contributed by atoms with Gasteiger partial charge in [-0.2, -0.15) is 5.10 Å². The number of rotatable bonds is 28. The first kappa shape index (κ1) is 67.1. The van der Waals surface area contributed by atoms with Crippen LogP contribution in [0.4, 0.5) is 21.9 Å². The average molecular weight is 1250 g/mol. The van der Waals surface area contributed by atoms with Gasteiger partial charge in [0.05, 0.1) is 84.6 Å². The molecule has 6 amide bonds. The van der Waals surface area contributed by atoms with Crippen molar-refractivity contribution in [1.82, 2.24) is 39.3 Å². The number of benzene rings is 2. The smallest absolute Gasteiger partial charge is 0.414 e. The number of ether oxygens (including phenoxy) is 6. The number of nitrogens with zero attached hydrogens (tertiary/aromatic N) is 7. The summed E-state index contributed by atoms with van der Waals surface area (Å²) in [5.41, 5.74) is 1.60. The number of aliphatic hydroxyl groups is 1. The highest BCUT2D eigenvalue weighted by atomic mass is 16.7. The third-order valence-corrected chi connectivity index (χ3v) is 15.3. The maximum atomic E-state index is 14.5. The van der Waals surface area contributed by atoms with Crippen LogP contribution in [0.15, 0.2) is 79.4 Å². The van der Waals surface area contributed by atoms with Crippen LogP contribution in [0.5, 0.6) is 17.2 Å². The molecule has 5 aromatic rings. The third-order valence-electron chi connectivity index (χ3n) is 15.3. The Kier molecular flexibility index (Phi) is 21.8. The molecule has 486 valence electrons. The van der Waals surface area contributed by atoms with E-state index in [1.54, 1.807) is 103 Å². The molecule has 90 heavy (non-hydrogen) atoms. The molecule has 0 aliphatic carbocycles. The van der Waals surface area contributed by atoms with Gasteiger partial charge in [-0.3, -0.25) is 38.4 Å². The summed E-state index contributed by atoms with van der Waals surface area (Å²) in [5.74, 6) is 2.56. The first-order chi connectivity index (χ1) is 42.7. The Bertz CT molecular complexity index is 3460. The van der Waals surface area contributed by atoms with Crippen LogP contribution in [0.3, 0.4) is 0 Å². The second-order valence-corrected chi connectivity index (χ2v) is 24.1. The molecule has 6 heterocycles. The average Bonchev–Trinajstić information content (AvgIpc) is 1.61.